The number of aliphatic hydroxyl groups is 2. The molecule has 0 aliphatic heterocycles. The molecule has 1 aromatic rings. The Labute approximate surface area is 110 Å². The third-order valence-corrected chi connectivity index (χ3v) is 2.48. The summed E-state index contributed by atoms with van der Waals surface area (Å²) in [6.45, 7) is 0.773. The van der Waals surface area contributed by atoms with Crippen LogP contribution in [0.1, 0.15) is 26.3 Å². The summed E-state index contributed by atoms with van der Waals surface area (Å²) < 4.78 is 9.46. The van der Waals surface area contributed by atoms with Crippen molar-refractivity contribution in [2.75, 3.05) is 20.3 Å². The highest BCUT2D eigenvalue weighted by Gasteiger charge is 2.21. The van der Waals surface area contributed by atoms with E-state index in [2.05, 4.69) is 4.74 Å². The molecule has 0 saturated carbocycles. The fourth-order valence-corrected chi connectivity index (χ4v) is 1.46. The molecule has 0 aliphatic rings. The molecule has 0 heterocycles. The fraction of sp³-hybridized carbons (Fsp3) is 0.385. The maximum atomic E-state index is 11.9. The first-order valence-electron chi connectivity index (χ1n) is 5.65. The summed E-state index contributed by atoms with van der Waals surface area (Å²) in [5, 5.41) is 17.7. The van der Waals surface area contributed by atoms with Crippen molar-refractivity contribution in [3.8, 4) is 0 Å². The Bertz CT molecular complexity index is 464. The highest BCUT2D eigenvalue weighted by Crippen LogP contribution is 2.15. The zero-order valence-electron chi connectivity index (χ0n) is 10.8. The summed E-state index contributed by atoms with van der Waals surface area (Å²) in [4.78, 5) is 23.5. The number of esters is 2. The number of ether oxygens (including phenoxy) is 2. The molecule has 0 atom stereocenters. The van der Waals surface area contributed by atoms with Gasteiger partial charge in [-0.3, -0.25) is 0 Å². The Hall–Kier alpha value is -1.92. The number of aryl methyl sites for hydroxylation is 1. The van der Waals surface area contributed by atoms with E-state index in [4.69, 9.17) is 14.9 Å². The van der Waals surface area contributed by atoms with Crippen LogP contribution in [-0.4, -0.2) is 48.6 Å². The van der Waals surface area contributed by atoms with Crippen LogP contribution in [-0.2, 0) is 9.47 Å². The van der Waals surface area contributed by atoms with Gasteiger partial charge >= 0.3 is 11.9 Å². The van der Waals surface area contributed by atoms with E-state index in [1.165, 1.54) is 19.2 Å². The van der Waals surface area contributed by atoms with Gasteiger partial charge in [0.15, 0.2) is 0 Å². The molecule has 19 heavy (non-hydrogen) atoms. The Morgan fingerprint density at radius 1 is 1.16 bits per heavy atom. The van der Waals surface area contributed by atoms with Crippen molar-refractivity contribution < 1.29 is 29.3 Å². The molecule has 0 radical (unpaired) electrons. The molecule has 0 aliphatic carbocycles. The van der Waals surface area contributed by atoms with Crippen LogP contribution in [0.2, 0.25) is 0 Å². The van der Waals surface area contributed by atoms with Gasteiger partial charge in [0.2, 0.25) is 0 Å². The third-order valence-electron chi connectivity index (χ3n) is 2.48. The minimum Gasteiger partial charge on any atom is -0.465 e. The van der Waals surface area contributed by atoms with Crippen molar-refractivity contribution in [2.45, 2.75) is 13.0 Å². The molecule has 0 amide bonds. The lowest BCUT2D eigenvalue weighted by atomic mass is 10.0. The predicted molar refractivity (Wildman–Crippen MR) is 65.9 cm³/mol. The van der Waals surface area contributed by atoms with Crippen LogP contribution >= 0.6 is 0 Å². The van der Waals surface area contributed by atoms with Gasteiger partial charge in [-0.15, -0.1) is 0 Å². The van der Waals surface area contributed by atoms with Gasteiger partial charge < -0.3 is 19.7 Å². The minimum atomic E-state index is -1.01. The van der Waals surface area contributed by atoms with Crippen molar-refractivity contribution >= 4 is 11.9 Å². The second-order valence-electron chi connectivity index (χ2n) is 3.93. The van der Waals surface area contributed by atoms with Gasteiger partial charge in [0.1, 0.15) is 6.10 Å². The Morgan fingerprint density at radius 2 is 1.79 bits per heavy atom. The lowest BCUT2D eigenvalue weighted by Gasteiger charge is -2.14. The number of hydrogen-bond acceptors (Lipinski definition) is 6. The van der Waals surface area contributed by atoms with Crippen molar-refractivity contribution in [3.63, 3.8) is 0 Å². The molecule has 6 nitrogen and oxygen atoms in total. The molecule has 0 bridgehead atoms. The highest BCUT2D eigenvalue weighted by atomic mass is 16.6. The van der Waals surface area contributed by atoms with Crippen LogP contribution in [0.25, 0.3) is 0 Å². The van der Waals surface area contributed by atoms with E-state index in [0.717, 1.165) is 5.56 Å². The summed E-state index contributed by atoms with van der Waals surface area (Å²) in [5.41, 5.74) is 0.907. The molecule has 6 heteroatoms. The van der Waals surface area contributed by atoms with Crippen LogP contribution in [0.4, 0.5) is 0 Å². The van der Waals surface area contributed by atoms with Crippen LogP contribution in [0.15, 0.2) is 18.2 Å². The number of aliphatic hydroxyl groups excluding tert-OH is 2. The van der Waals surface area contributed by atoms with Crippen LogP contribution in [0.5, 0.6) is 0 Å². The average molecular weight is 268 g/mol. The summed E-state index contributed by atoms with van der Waals surface area (Å²) in [5.74, 6) is -1.45. The zero-order valence-corrected chi connectivity index (χ0v) is 10.8. The first-order valence-corrected chi connectivity index (χ1v) is 5.65. The molecule has 0 fully saturated rings. The molecular weight excluding hydrogens is 252 g/mol. The number of hydrogen-bond donors (Lipinski definition) is 2. The molecule has 1 aromatic carbocycles. The fourth-order valence-electron chi connectivity index (χ4n) is 1.46. The lowest BCUT2D eigenvalue weighted by Crippen LogP contribution is -2.26. The van der Waals surface area contributed by atoms with Gasteiger partial charge in [-0.05, 0) is 19.1 Å². The van der Waals surface area contributed by atoms with E-state index in [1.54, 1.807) is 13.0 Å². The second kappa shape index (κ2) is 6.86. The van der Waals surface area contributed by atoms with Crippen molar-refractivity contribution in [1.29, 1.82) is 0 Å². The SMILES string of the molecule is COC(=O)c1cc(C)ccc1C(=O)OC(CO)CO. The van der Waals surface area contributed by atoms with E-state index in [-0.39, 0.29) is 11.1 Å². The monoisotopic (exact) mass is 268 g/mol. The van der Waals surface area contributed by atoms with Gasteiger partial charge in [0, 0.05) is 0 Å². The molecule has 0 unspecified atom stereocenters. The minimum absolute atomic E-state index is 0.0318. The topological polar surface area (TPSA) is 93.1 Å². The van der Waals surface area contributed by atoms with E-state index >= 15 is 0 Å². The number of methoxy groups -OCH3 is 1. The van der Waals surface area contributed by atoms with Crippen LogP contribution in [0.3, 0.4) is 0 Å². The van der Waals surface area contributed by atoms with Gasteiger partial charge in [-0.1, -0.05) is 11.6 Å². The van der Waals surface area contributed by atoms with Gasteiger partial charge in [0.25, 0.3) is 0 Å². The first-order chi connectivity index (χ1) is 9.03. The smallest absolute Gasteiger partial charge is 0.339 e. The largest absolute Gasteiger partial charge is 0.465 e. The Morgan fingerprint density at radius 3 is 2.32 bits per heavy atom. The van der Waals surface area contributed by atoms with Crippen molar-refractivity contribution in [3.05, 3.63) is 34.9 Å². The van der Waals surface area contributed by atoms with Gasteiger partial charge in [-0.2, -0.15) is 0 Å². The number of rotatable bonds is 5. The quantitative estimate of drug-likeness (QED) is 0.746. The molecule has 2 N–H and O–H groups in total. The summed E-state index contributed by atoms with van der Waals surface area (Å²) >= 11 is 0. The van der Waals surface area contributed by atoms with E-state index in [9.17, 15) is 9.59 Å². The summed E-state index contributed by atoms with van der Waals surface area (Å²) in [7, 11) is 1.21. The highest BCUT2D eigenvalue weighted by molar-refractivity contribution is 6.03. The molecule has 0 aromatic heterocycles. The number of carbonyl (C=O) groups is 2. The molecule has 0 saturated heterocycles. The van der Waals surface area contributed by atoms with Gasteiger partial charge in [0.05, 0.1) is 31.5 Å². The number of carbonyl (C=O) groups excluding carboxylic acids is 2. The van der Waals surface area contributed by atoms with E-state index in [1.807, 2.05) is 0 Å². The predicted octanol–water partition coefficient (Wildman–Crippen LogP) is 0.292. The molecular formula is C13H16O6. The van der Waals surface area contributed by atoms with E-state index in [0.29, 0.717) is 0 Å². The van der Waals surface area contributed by atoms with Gasteiger partial charge in [-0.25, -0.2) is 9.59 Å². The number of benzene rings is 1. The standard InChI is InChI=1S/C13H16O6/c1-8-3-4-10(11(5-8)12(16)18-2)13(17)19-9(6-14)7-15/h3-5,9,14-15H,6-7H2,1-2H3. The average Bonchev–Trinajstić information content (AvgIpc) is 2.43. The Kier molecular flexibility index (Phi) is 5.47. The molecule has 0 spiro atoms. The Balaban J connectivity index is 3.05. The maximum absolute atomic E-state index is 11.9. The summed E-state index contributed by atoms with van der Waals surface area (Å²) in [6.07, 6.45) is -1.01. The van der Waals surface area contributed by atoms with Crippen LogP contribution < -0.4 is 0 Å². The summed E-state index contributed by atoms with van der Waals surface area (Å²) in [6, 6.07) is 4.60. The second-order valence-corrected chi connectivity index (χ2v) is 3.93. The van der Waals surface area contributed by atoms with Crippen molar-refractivity contribution in [1.82, 2.24) is 0 Å². The normalized spacial score (nSPS) is 10.4. The molecule has 1 rings (SSSR count). The first kappa shape index (κ1) is 15.1. The van der Waals surface area contributed by atoms with E-state index < -0.39 is 31.3 Å². The molecule has 104 valence electrons. The lowest BCUT2D eigenvalue weighted by molar-refractivity contribution is -0.00567. The third kappa shape index (κ3) is 3.77. The zero-order chi connectivity index (χ0) is 14.4. The van der Waals surface area contributed by atoms with Crippen LogP contribution in [0, 0.1) is 6.92 Å². The van der Waals surface area contributed by atoms with Crippen molar-refractivity contribution in [2.24, 2.45) is 0 Å². The maximum Gasteiger partial charge on any atom is 0.339 e.